The Morgan fingerprint density at radius 3 is 2.20 bits per heavy atom. The van der Waals surface area contributed by atoms with E-state index in [2.05, 4.69) is 11.3 Å². The predicted molar refractivity (Wildman–Crippen MR) is 39.2 cm³/mol. The zero-order valence-corrected chi connectivity index (χ0v) is 7.59. The fourth-order valence-corrected chi connectivity index (χ4v) is 0.970. The first kappa shape index (κ1) is 13.5. The van der Waals surface area contributed by atoms with E-state index in [9.17, 15) is 26.0 Å². The van der Waals surface area contributed by atoms with E-state index in [1.54, 1.807) is 4.52 Å². The van der Waals surface area contributed by atoms with E-state index in [-0.39, 0.29) is 6.26 Å². The summed E-state index contributed by atoms with van der Waals surface area (Å²) < 4.78 is 75.4. The minimum Gasteiger partial charge on any atom is -0.436 e. The summed E-state index contributed by atoms with van der Waals surface area (Å²) in [6, 6.07) is 0. The fraction of sp³-hybridized carbons (Fsp3) is 0.500. The first-order valence-corrected chi connectivity index (χ1v) is 4.41. The average Bonchev–Trinajstić information content (AvgIpc) is 2.03. The van der Waals surface area contributed by atoms with E-state index in [1.165, 1.54) is 4.91 Å². The summed E-state index contributed by atoms with van der Waals surface area (Å²) >= 11 is 0. The summed E-state index contributed by atoms with van der Waals surface area (Å²) in [4.78, 5) is 1.49. The van der Waals surface area contributed by atoms with Gasteiger partial charge < -0.3 is 4.74 Å². The molecule has 0 aliphatic carbocycles. The van der Waals surface area contributed by atoms with E-state index in [0.717, 1.165) is 0 Å². The molecule has 0 N–H and O–H groups in total. The Balaban J connectivity index is 5.49. The summed E-state index contributed by atoms with van der Waals surface area (Å²) in [7, 11) is -6.04. The molecule has 0 rings (SSSR count). The lowest BCUT2D eigenvalue weighted by Gasteiger charge is -2.22. The molecule has 0 saturated heterocycles. The zero-order chi connectivity index (χ0) is 12.3. The van der Waals surface area contributed by atoms with Gasteiger partial charge in [-0.25, -0.2) is 8.42 Å². The predicted octanol–water partition coefficient (Wildman–Crippen LogP) is 1.97. The van der Waals surface area contributed by atoms with Gasteiger partial charge in [-0.3, -0.25) is 0 Å². The topological polar surface area (TPSA) is 92.1 Å². The van der Waals surface area contributed by atoms with E-state index < -0.39 is 21.4 Å². The van der Waals surface area contributed by atoms with Crippen LogP contribution in [0.2, 0.25) is 0 Å². The quantitative estimate of drug-likeness (QED) is 0.245. The van der Waals surface area contributed by atoms with Gasteiger partial charge in [-0.2, -0.15) is 17.6 Å². The number of hydrogen-bond donors (Lipinski definition) is 0. The molecule has 0 aliphatic heterocycles. The first-order chi connectivity index (χ1) is 6.62. The van der Waals surface area contributed by atoms with Gasteiger partial charge in [0.2, 0.25) is 0 Å². The molecule has 0 spiro atoms. The molecule has 0 amide bonds. The molecule has 15 heavy (non-hydrogen) atoms. The maximum Gasteiger partial charge on any atom is 0.480 e. The van der Waals surface area contributed by atoms with Crippen LogP contribution < -0.4 is 0 Å². The highest BCUT2D eigenvalue weighted by molar-refractivity contribution is 7.91. The van der Waals surface area contributed by atoms with Crippen molar-refractivity contribution in [1.82, 2.24) is 0 Å². The number of alkyl halides is 4. The highest BCUT2D eigenvalue weighted by Crippen LogP contribution is 2.40. The lowest BCUT2D eigenvalue weighted by atomic mass is 10.6. The van der Waals surface area contributed by atoms with Crippen molar-refractivity contribution in [1.29, 1.82) is 0 Å². The molecule has 6 nitrogen and oxygen atoms in total. The fourth-order valence-electron chi connectivity index (χ4n) is 0.423. The number of nitrogens with zero attached hydrogens (tertiary/aromatic N) is 3. The standard InChI is InChI=1S/C4H3F4N3O3S/c1-2-14-3(5,6)4(7,8)15(12,13)11-10-9/h2H,1H2. The first-order valence-electron chi connectivity index (χ1n) is 2.97. The van der Waals surface area contributed by atoms with Gasteiger partial charge in [0.05, 0.1) is 6.26 Å². The van der Waals surface area contributed by atoms with Crippen molar-refractivity contribution in [2.24, 2.45) is 4.52 Å². The second-order valence-corrected chi connectivity index (χ2v) is 3.59. The van der Waals surface area contributed by atoms with Crippen LogP contribution in [-0.4, -0.2) is 19.8 Å². The highest BCUT2D eigenvalue weighted by Gasteiger charge is 2.68. The summed E-state index contributed by atoms with van der Waals surface area (Å²) in [5, 5.41) is -5.68. The summed E-state index contributed by atoms with van der Waals surface area (Å²) in [6.07, 6.45) is -5.44. The van der Waals surface area contributed by atoms with Crippen molar-refractivity contribution >= 4 is 10.0 Å². The van der Waals surface area contributed by atoms with Crippen LogP contribution in [-0.2, 0) is 14.8 Å². The van der Waals surface area contributed by atoms with Crippen molar-refractivity contribution in [2.45, 2.75) is 11.4 Å². The van der Waals surface area contributed by atoms with Gasteiger partial charge in [0.1, 0.15) is 0 Å². The van der Waals surface area contributed by atoms with Crippen LogP contribution in [0.3, 0.4) is 0 Å². The molecular weight excluding hydrogens is 246 g/mol. The van der Waals surface area contributed by atoms with Gasteiger partial charge in [0.25, 0.3) is 0 Å². The molecule has 0 aromatic heterocycles. The highest BCUT2D eigenvalue weighted by atomic mass is 32.2. The number of halogens is 4. The smallest absolute Gasteiger partial charge is 0.436 e. The third kappa shape index (κ3) is 2.30. The summed E-state index contributed by atoms with van der Waals surface area (Å²) in [5.74, 6) is 0. The second-order valence-electron chi connectivity index (χ2n) is 1.96. The molecule has 0 fully saturated rings. The third-order valence-corrected chi connectivity index (χ3v) is 2.21. The molecule has 0 heterocycles. The molecule has 0 aromatic carbocycles. The van der Waals surface area contributed by atoms with Gasteiger partial charge in [-0.15, -0.1) is 0 Å². The minimum absolute atomic E-state index is 0.0699. The van der Waals surface area contributed by atoms with Crippen LogP contribution in [0.4, 0.5) is 17.6 Å². The van der Waals surface area contributed by atoms with Gasteiger partial charge in [-0.05, 0) is 5.53 Å². The van der Waals surface area contributed by atoms with Crippen LogP contribution in [0.25, 0.3) is 10.4 Å². The van der Waals surface area contributed by atoms with Crippen LogP contribution in [0.15, 0.2) is 17.4 Å². The molecule has 0 aliphatic rings. The number of ether oxygens (including phenoxy) is 1. The van der Waals surface area contributed by atoms with Crippen molar-refractivity contribution in [3.63, 3.8) is 0 Å². The zero-order valence-electron chi connectivity index (χ0n) is 6.77. The molecule has 86 valence electrons. The SMILES string of the molecule is C=COC(F)(F)C(F)(F)S(=O)(=O)N=[N+]=[N-]. The van der Waals surface area contributed by atoms with E-state index in [0.29, 0.717) is 0 Å². The molecule has 0 bridgehead atoms. The Labute approximate surface area is 80.8 Å². The second kappa shape index (κ2) is 3.95. The number of azide groups is 1. The lowest BCUT2D eigenvalue weighted by molar-refractivity contribution is -0.292. The molecule has 0 unspecified atom stereocenters. The van der Waals surface area contributed by atoms with E-state index >= 15 is 0 Å². The Kier molecular flexibility index (Phi) is 3.56. The monoisotopic (exact) mass is 249 g/mol. The van der Waals surface area contributed by atoms with Gasteiger partial charge in [0, 0.05) is 9.43 Å². The third-order valence-electron chi connectivity index (χ3n) is 1.04. The maximum absolute atomic E-state index is 12.6. The lowest BCUT2D eigenvalue weighted by Crippen LogP contribution is -2.46. The van der Waals surface area contributed by atoms with Crippen LogP contribution in [0.1, 0.15) is 0 Å². The number of rotatable bonds is 5. The van der Waals surface area contributed by atoms with Crippen LogP contribution >= 0.6 is 0 Å². The van der Waals surface area contributed by atoms with Crippen molar-refractivity contribution in [3.8, 4) is 0 Å². The molecule has 11 heteroatoms. The molecule has 0 atom stereocenters. The van der Waals surface area contributed by atoms with Gasteiger partial charge >= 0.3 is 21.4 Å². The molecule has 0 saturated carbocycles. The number of sulfonamides is 1. The van der Waals surface area contributed by atoms with E-state index in [1.807, 2.05) is 0 Å². The molecular formula is C4H3F4N3O3S. The molecule has 0 radical (unpaired) electrons. The minimum atomic E-state index is -6.04. The molecule has 0 aromatic rings. The van der Waals surface area contributed by atoms with Crippen LogP contribution in [0, 0.1) is 0 Å². The van der Waals surface area contributed by atoms with Crippen LogP contribution in [0.5, 0.6) is 0 Å². The summed E-state index contributed by atoms with van der Waals surface area (Å²) in [6.45, 7) is 2.55. The summed E-state index contributed by atoms with van der Waals surface area (Å²) in [5.41, 5.74) is 7.60. The Bertz CT molecular complexity index is 399. The van der Waals surface area contributed by atoms with Gasteiger partial charge in [-0.1, -0.05) is 6.58 Å². The largest absolute Gasteiger partial charge is 0.480 e. The maximum atomic E-state index is 12.6. The van der Waals surface area contributed by atoms with Crippen molar-refractivity contribution in [2.75, 3.05) is 0 Å². The Morgan fingerprint density at radius 2 is 1.87 bits per heavy atom. The Morgan fingerprint density at radius 1 is 1.40 bits per heavy atom. The van der Waals surface area contributed by atoms with Crippen molar-refractivity contribution in [3.05, 3.63) is 23.3 Å². The van der Waals surface area contributed by atoms with Crippen molar-refractivity contribution < 1.29 is 30.7 Å². The number of hydrogen-bond acceptors (Lipinski definition) is 3. The normalized spacial score (nSPS) is 12.8. The Hall–Kier alpha value is -1.48. The van der Waals surface area contributed by atoms with Gasteiger partial charge in [0.15, 0.2) is 0 Å². The van der Waals surface area contributed by atoms with E-state index in [4.69, 9.17) is 5.53 Å². The average molecular weight is 249 g/mol.